The van der Waals surface area contributed by atoms with Crippen molar-refractivity contribution >= 4 is 17.8 Å². The quantitative estimate of drug-likeness (QED) is 0.406. The molecule has 0 radical (unpaired) electrons. The lowest BCUT2D eigenvalue weighted by atomic mass is 10.1. The fourth-order valence-corrected chi connectivity index (χ4v) is 2.65. The summed E-state index contributed by atoms with van der Waals surface area (Å²) in [7, 11) is 0. The monoisotopic (exact) mass is 270 g/mol. The minimum Gasteiger partial charge on any atom is -0.192 e. The third kappa shape index (κ3) is 6.13. The Bertz CT molecular complexity index is 490. The van der Waals surface area contributed by atoms with Gasteiger partial charge in [0.1, 0.15) is 17.7 Å². The van der Waals surface area contributed by atoms with Crippen molar-refractivity contribution in [3.05, 3.63) is 35.4 Å². The fraction of sp³-hybridized carbons (Fsp3) is 0.375. The van der Waals surface area contributed by atoms with Crippen LogP contribution in [0.3, 0.4) is 0 Å². The van der Waals surface area contributed by atoms with Gasteiger partial charge in [-0.15, -0.1) is 11.8 Å². The Hall–Kier alpha value is -1.71. The van der Waals surface area contributed by atoms with E-state index in [1.807, 2.05) is 42.1 Å². The molecule has 0 atom stereocenters. The van der Waals surface area contributed by atoms with Crippen LogP contribution >= 0.6 is 11.8 Å². The first-order valence-electron chi connectivity index (χ1n) is 6.55. The average Bonchev–Trinajstić information content (AvgIpc) is 2.45. The van der Waals surface area contributed by atoms with Crippen molar-refractivity contribution < 1.29 is 0 Å². The number of thioether (sulfide) groups is 1. The van der Waals surface area contributed by atoms with Crippen molar-refractivity contribution in [2.24, 2.45) is 0 Å². The fourth-order valence-electron chi connectivity index (χ4n) is 1.67. The number of allylic oxidation sites excluding steroid dienone is 1. The van der Waals surface area contributed by atoms with E-state index in [9.17, 15) is 0 Å². The van der Waals surface area contributed by atoms with Crippen LogP contribution in [0, 0.1) is 22.7 Å². The molecule has 0 aliphatic carbocycles. The molecule has 0 aliphatic rings. The molecule has 1 rings (SSSR count). The zero-order valence-electron chi connectivity index (χ0n) is 11.2. The van der Waals surface area contributed by atoms with Gasteiger partial charge in [0.25, 0.3) is 0 Å². The summed E-state index contributed by atoms with van der Waals surface area (Å²) in [5.41, 5.74) is 1.06. The zero-order valence-corrected chi connectivity index (χ0v) is 12.0. The lowest BCUT2D eigenvalue weighted by Crippen LogP contribution is -1.82. The first-order chi connectivity index (χ1) is 9.30. The molecule has 0 aromatic heterocycles. The van der Waals surface area contributed by atoms with Gasteiger partial charge >= 0.3 is 0 Å². The maximum Gasteiger partial charge on any atom is 0.130 e. The number of hydrogen-bond donors (Lipinski definition) is 0. The van der Waals surface area contributed by atoms with Gasteiger partial charge in [0.2, 0.25) is 0 Å². The number of nitriles is 2. The van der Waals surface area contributed by atoms with Gasteiger partial charge in [-0.1, -0.05) is 38.3 Å². The third-order valence-corrected chi connectivity index (χ3v) is 3.76. The summed E-state index contributed by atoms with van der Waals surface area (Å²) in [4.78, 5) is 1.19. The highest BCUT2D eigenvalue weighted by atomic mass is 32.2. The Morgan fingerprint density at radius 3 is 2.68 bits per heavy atom. The van der Waals surface area contributed by atoms with E-state index >= 15 is 0 Å². The molecule has 0 N–H and O–H groups in total. The van der Waals surface area contributed by atoms with E-state index in [4.69, 9.17) is 10.5 Å². The molecule has 0 fully saturated rings. The average molecular weight is 270 g/mol. The Balaban J connectivity index is 2.56. The van der Waals surface area contributed by atoms with Crippen LogP contribution in [0.5, 0.6) is 0 Å². The first kappa shape index (κ1) is 15.3. The van der Waals surface area contributed by atoms with Gasteiger partial charge in [0, 0.05) is 4.90 Å². The molecule has 0 bridgehead atoms. The molecular formula is C16H18N2S. The van der Waals surface area contributed by atoms with Gasteiger partial charge in [-0.2, -0.15) is 10.5 Å². The highest BCUT2D eigenvalue weighted by Crippen LogP contribution is 2.22. The van der Waals surface area contributed by atoms with Crippen LogP contribution in [0.2, 0.25) is 0 Å². The highest BCUT2D eigenvalue weighted by molar-refractivity contribution is 7.99. The topological polar surface area (TPSA) is 47.6 Å². The molecule has 0 saturated heterocycles. The van der Waals surface area contributed by atoms with E-state index in [-0.39, 0.29) is 5.57 Å². The standard InChI is InChI=1S/C16H18N2S/c1-2-3-4-5-9-19-16-8-6-7-14(11-16)10-15(12-17)13-18/h6-8,10-11H,2-5,9H2,1H3. The predicted octanol–water partition coefficient (Wildman–Crippen LogP) is 4.79. The van der Waals surface area contributed by atoms with Crippen molar-refractivity contribution in [1.29, 1.82) is 10.5 Å². The Kier molecular flexibility index (Phi) is 7.47. The van der Waals surface area contributed by atoms with Crippen LogP contribution < -0.4 is 0 Å². The largest absolute Gasteiger partial charge is 0.192 e. The van der Waals surface area contributed by atoms with Gasteiger partial charge in [-0.25, -0.2) is 0 Å². The Morgan fingerprint density at radius 2 is 2.00 bits per heavy atom. The maximum absolute atomic E-state index is 8.73. The second kappa shape index (κ2) is 9.25. The van der Waals surface area contributed by atoms with E-state index in [1.54, 1.807) is 6.08 Å². The van der Waals surface area contributed by atoms with Gasteiger partial charge in [-0.05, 0) is 35.9 Å². The molecule has 0 unspecified atom stereocenters. The van der Waals surface area contributed by atoms with Gasteiger partial charge in [-0.3, -0.25) is 0 Å². The van der Waals surface area contributed by atoms with Crippen molar-refractivity contribution in [3.8, 4) is 12.1 Å². The normalized spacial score (nSPS) is 9.42. The first-order valence-corrected chi connectivity index (χ1v) is 7.53. The Labute approximate surface area is 119 Å². The number of benzene rings is 1. The molecule has 1 aromatic rings. The van der Waals surface area contributed by atoms with Crippen LogP contribution in [0.15, 0.2) is 34.7 Å². The van der Waals surface area contributed by atoms with E-state index in [2.05, 4.69) is 13.0 Å². The maximum atomic E-state index is 8.73. The lowest BCUT2D eigenvalue weighted by Gasteiger charge is -2.02. The zero-order chi connectivity index (χ0) is 13.9. The van der Waals surface area contributed by atoms with Crippen molar-refractivity contribution in [1.82, 2.24) is 0 Å². The summed E-state index contributed by atoms with van der Waals surface area (Å²) >= 11 is 1.83. The third-order valence-electron chi connectivity index (χ3n) is 2.68. The Morgan fingerprint density at radius 1 is 1.21 bits per heavy atom. The molecule has 0 spiro atoms. The molecular weight excluding hydrogens is 252 g/mol. The summed E-state index contributed by atoms with van der Waals surface area (Å²) < 4.78 is 0. The molecule has 3 heteroatoms. The second-order valence-corrected chi connectivity index (χ2v) is 5.43. The number of unbranched alkanes of at least 4 members (excludes halogenated alkanes) is 3. The molecule has 98 valence electrons. The summed E-state index contributed by atoms with van der Waals surface area (Å²) in [6.45, 7) is 2.21. The van der Waals surface area contributed by atoms with Gasteiger partial charge < -0.3 is 0 Å². The summed E-state index contributed by atoms with van der Waals surface area (Å²) in [5, 5.41) is 17.5. The molecule has 0 heterocycles. The predicted molar refractivity (Wildman–Crippen MR) is 80.5 cm³/mol. The molecule has 19 heavy (non-hydrogen) atoms. The highest BCUT2D eigenvalue weighted by Gasteiger charge is 1.98. The number of rotatable bonds is 7. The lowest BCUT2D eigenvalue weighted by molar-refractivity contribution is 0.706. The van der Waals surface area contributed by atoms with Crippen LogP contribution in [0.1, 0.15) is 38.2 Å². The van der Waals surface area contributed by atoms with E-state index in [0.29, 0.717) is 0 Å². The van der Waals surface area contributed by atoms with Gasteiger partial charge in [0.05, 0.1) is 0 Å². The second-order valence-electron chi connectivity index (χ2n) is 4.26. The van der Waals surface area contributed by atoms with Crippen molar-refractivity contribution in [2.45, 2.75) is 37.5 Å². The van der Waals surface area contributed by atoms with E-state index in [0.717, 1.165) is 11.3 Å². The number of nitrogens with zero attached hydrogens (tertiary/aromatic N) is 2. The minimum atomic E-state index is 0.144. The van der Waals surface area contributed by atoms with Crippen LogP contribution in [0.25, 0.3) is 6.08 Å². The molecule has 2 nitrogen and oxygen atoms in total. The number of hydrogen-bond acceptors (Lipinski definition) is 3. The SMILES string of the molecule is CCCCCCSc1cccc(C=C(C#N)C#N)c1. The smallest absolute Gasteiger partial charge is 0.130 e. The van der Waals surface area contributed by atoms with Crippen LogP contribution in [-0.2, 0) is 0 Å². The van der Waals surface area contributed by atoms with E-state index < -0.39 is 0 Å². The van der Waals surface area contributed by atoms with Crippen molar-refractivity contribution in [2.75, 3.05) is 5.75 Å². The summed E-state index contributed by atoms with van der Waals surface area (Å²) in [5.74, 6) is 1.12. The van der Waals surface area contributed by atoms with E-state index in [1.165, 1.54) is 30.6 Å². The van der Waals surface area contributed by atoms with Crippen LogP contribution in [0.4, 0.5) is 0 Å². The van der Waals surface area contributed by atoms with Gasteiger partial charge in [0.15, 0.2) is 0 Å². The molecule has 0 amide bonds. The molecule has 0 aliphatic heterocycles. The summed E-state index contributed by atoms with van der Waals surface area (Å²) in [6, 6.07) is 11.7. The molecule has 0 saturated carbocycles. The van der Waals surface area contributed by atoms with Crippen molar-refractivity contribution in [3.63, 3.8) is 0 Å². The van der Waals surface area contributed by atoms with Crippen LogP contribution in [-0.4, -0.2) is 5.75 Å². The molecule has 1 aromatic carbocycles. The summed E-state index contributed by atoms with van der Waals surface area (Å²) in [6.07, 6.45) is 6.71. The minimum absolute atomic E-state index is 0.144.